The molecule has 2 fully saturated rings. The number of ether oxygens (including phenoxy) is 1. The van der Waals surface area contributed by atoms with Gasteiger partial charge in [0.05, 0.1) is 12.1 Å². The van der Waals surface area contributed by atoms with Crippen molar-refractivity contribution in [1.29, 1.82) is 0 Å². The molecular formula is C25H34N4O. The third kappa shape index (κ3) is 4.96. The zero-order valence-corrected chi connectivity index (χ0v) is 18.2. The van der Waals surface area contributed by atoms with Crippen molar-refractivity contribution in [2.45, 2.75) is 38.3 Å². The molecule has 3 atom stereocenters. The van der Waals surface area contributed by atoms with Crippen LogP contribution in [0.1, 0.15) is 49.5 Å². The lowest BCUT2D eigenvalue weighted by Gasteiger charge is -2.24. The summed E-state index contributed by atoms with van der Waals surface area (Å²) in [6, 6.07) is 19.6. The summed E-state index contributed by atoms with van der Waals surface area (Å²) in [6.45, 7) is 6.19. The highest BCUT2D eigenvalue weighted by Gasteiger charge is 2.29. The van der Waals surface area contributed by atoms with E-state index in [1.165, 1.54) is 42.7 Å². The fourth-order valence-corrected chi connectivity index (χ4v) is 4.53. The second-order valence-electron chi connectivity index (χ2n) is 8.36. The van der Waals surface area contributed by atoms with Crippen molar-refractivity contribution in [2.24, 2.45) is 10.9 Å². The molecule has 0 saturated carbocycles. The van der Waals surface area contributed by atoms with E-state index in [-0.39, 0.29) is 12.1 Å². The molecule has 0 bridgehead atoms. The molecule has 0 aliphatic carbocycles. The van der Waals surface area contributed by atoms with Crippen molar-refractivity contribution >= 4 is 11.6 Å². The standard InChI is InChI=1S/C25H34N4O/c1-19(21-11-8-12-23(17-21)29-14-6-7-15-29)28-25(26-2)27-18-22-13-16-30-24(22)20-9-4-3-5-10-20/h3-5,8-12,17,19,22,24H,6-7,13-16,18H2,1-2H3,(H2,26,27,28). The molecule has 5 heteroatoms. The second kappa shape index (κ2) is 9.98. The van der Waals surface area contributed by atoms with Crippen LogP contribution in [0.3, 0.4) is 0 Å². The van der Waals surface area contributed by atoms with Gasteiger partial charge in [-0.15, -0.1) is 0 Å². The lowest BCUT2D eigenvalue weighted by atomic mass is 9.95. The number of hydrogen-bond acceptors (Lipinski definition) is 3. The quantitative estimate of drug-likeness (QED) is 0.555. The van der Waals surface area contributed by atoms with Gasteiger partial charge in [0.2, 0.25) is 0 Å². The number of nitrogens with zero attached hydrogens (tertiary/aromatic N) is 2. The zero-order chi connectivity index (χ0) is 20.8. The van der Waals surface area contributed by atoms with Gasteiger partial charge in [0.25, 0.3) is 0 Å². The summed E-state index contributed by atoms with van der Waals surface area (Å²) in [5, 5.41) is 7.09. The van der Waals surface area contributed by atoms with E-state index in [4.69, 9.17) is 4.74 Å². The SMILES string of the molecule is CN=C(NCC1CCOC1c1ccccc1)NC(C)c1cccc(N2CCCC2)c1. The number of rotatable bonds is 6. The lowest BCUT2D eigenvalue weighted by Crippen LogP contribution is -2.41. The molecule has 2 aromatic carbocycles. The van der Waals surface area contributed by atoms with Crippen LogP contribution in [-0.2, 0) is 4.74 Å². The first-order valence-electron chi connectivity index (χ1n) is 11.2. The topological polar surface area (TPSA) is 48.9 Å². The molecule has 2 N–H and O–H groups in total. The molecule has 3 unspecified atom stereocenters. The molecular weight excluding hydrogens is 372 g/mol. The highest BCUT2D eigenvalue weighted by molar-refractivity contribution is 5.80. The zero-order valence-electron chi connectivity index (χ0n) is 18.2. The second-order valence-corrected chi connectivity index (χ2v) is 8.36. The molecule has 2 aromatic rings. The minimum Gasteiger partial charge on any atom is -0.373 e. The first-order valence-corrected chi connectivity index (χ1v) is 11.2. The number of nitrogens with one attached hydrogen (secondary N) is 2. The summed E-state index contributed by atoms with van der Waals surface area (Å²) < 4.78 is 6.02. The predicted molar refractivity (Wildman–Crippen MR) is 124 cm³/mol. The predicted octanol–water partition coefficient (Wildman–Crippen LogP) is 4.29. The van der Waals surface area contributed by atoms with Crippen LogP contribution in [0.2, 0.25) is 0 Å². The number of anilines is 1. The van der Waals surface area contributed by atoms with Gasteiger partial charge >= 0.3 is 0 Å². The molecule has 5 nitrogen and oxygen atoms in total. The van der Waals surface area contributed by atoms with Gasteiger partial charge in [-0.2, -0.15) is 0 Å². The Morgan fingerprint density at radius 2 is 1.93 bits per heavy atom. The number of benzene rings is 2. The van der Waals surface area contributed by atoms with E-state index >= 15 is 0 Å². The van der Waals surface area contributed by atoms with Crippen LogP contribution < -0.4 is 15.5 Å². The van der Waals surface area contributed by atoms with Crippen LogP contribution in [0.5, 0.6) is 0 Å². The van der Waals surface area contributed by atoms with E-state index < -0.39 is 0 Å². The van der Waals surface area contributed by atoms with Crippen molar-refractivity contribution in [3.8, 4) is 0 Å². The summed E-state index contributed by atoms with van der Waals surface area (Å²) >= 11 is 0. The van der Waals surface area contributed by atoms with E-state index in [9.17, 15) is 0 Å². The Bertz CT molecular complexity index is 832. The number of hydrogen-bond donors (Lipinski definition) is 2. The van der Waals surface area contributed by atoms with Crippen LogP contribution in [0.4, 0.5) is 5.69 Å². The average Bonchev–Trinajstić information content (AvgIpc) is 3.49. The van der Waals surface area contributed by atoms with Gasteiger partial charge in [-0.3, -0.25) is 4.99 Å². The molecule has 160 valence electrons. The highest BCUT2D eigenvalue weighted by Crippen LogP contribution is 2.33. The molecule has 0 radical (unpaired) electrons. The lowest BCUT2D eigenvalue weighted by molar-refractivity contribution is 0.0915. The summed E-state index contributed by atoms with van der Waals surface area (Å²) in [7, 11) is 1.84. The number of aliphatic imine (C=N–C) groups is 1. The smallest absolute Gasteiger partial charge is 0.191 e. The van der Waals surface area contributed by atoms with E-state index in [1.54, 1.807) is 0 Å². The van der Waals surface area contributed by atoms with Crippen LogP contribution in [0.15, 0.2) is 59.6 Å². The average molecular weight is 407 g/mol. The van der Waals surface area contributed by atoms with Crippen LogP contribution >= 0.6 is 0 Å². The summed E-state index contributed by atoms with van der Waals surface area (Å²) in [6.07, 6.45) is 3.82. The van der Waals surface area contributed by atoms with Crippen LogP contribution in [0.25, 0.3) is 0 Å². The van der Waals surface area contributed by atoms with E-state index in [0.717, 1.165) is 25.5 Å². The van der Waals surface area contributed by atoms with Crippen LogP contribution in [0, 0.1) is 5.92 Å². The number of guanidine groups is 1. The van der Waals surface area contributed by atoms with Crippen molar-refractivity contribution in [1.82, 2.24) is 10.6 Å². The Labute approximate surface area is 180 Å². The van der Waals surface area contributed by atoms with Crippen molar-refractivity contribution in [3.63, 3.8) is 0 Å². The Kier molecular flexibility index (Phi) is 6.90. The Balaban J connectivity index is 1.34. The van der Waals surface area contributed by atoms with Gasteiger partial charge in [-0.1, -0.05) is 42.5 Å². The Hall–Kier alpha value is -2.53. The molecule has 0 aromatic heterocycles. The van der Waals surface area contributed by atoms with E-state index in [0.29, 0.717) is 5.92 Å². The molecule has 4 rings (SSSR count). The molecule has 2 aliphatic rings. The normalized spacial score (nSPS) is 22.9. The monoisotopic (exact) mass is 406 g/mol. The van der Waals surface area contributed by atoms with Gasteiger partial charge in [-0.05, 0) is 49.4 Å². The third-order valence-electron chi connectivity index (χ3n) is 6.29. The first-order chi connectivity index (χ1) is 14.7. The van der Waals surface area contributed by atoms with E-state index in [2.05, 4.69) is 82.0 Å². The summed E-state index contributed by atoms with van der Waals surface area (Å²) in [5.74, 6) is 1.28. The van der Waals surface area contributed by atoms with E-state index in [1.807, 2.05) is 7.05 Å². The maximum absolute atomic E-state index is 6.02. The molecule has 2 aliphatic heterocycles. The maximum atomic E-state index is 6.02. The summed E-state index contributed by atoms with van der Waals surface area (Å²) in [5.41, 5.74) is 3.88. The minimum atomic E-state index is 0.159. The highest BCUT2D eigenvalue weighted by atomic mass is 16.5. The fraction of sp³-hybridized carbons (Fsp3) is 0.480. The molecule has 0 amide bonds. The molecule has 2 saturated heterocycles. The fourth-order valence-electron chi connectivity index (χ4n) is 4.53. The van der Waals surface area contributed by atoms with Crippen molar-refractivity contribution < 1.29 is 4.74 Å². The maximum Gasteiger partial charge on any atom is 0.191 e. The third-order valence-corrected chi connectivity index (χ3v) is 6.29. The van der Waals surface area contributed by atoms with Gasteiger partial charge in [-0.25, -0.2) is 0 Å². The molecule has 30 heavy (non-hydrogen) atoms. The van der Waals surface area contributed by atoms with Gasteiger partial charge in [0.15, 0.2) is 5.96 Å². The van der Waals surface area contributed by atoms with Gasteiger partial charge in [0.1, 0.15) is 0 Å². The van der Waals surface area contributed by atoms with Gasteiger partial charge in [0, 0.05) is 44.9 Å². The minimum absolute atomic E-state index is 0.159. The van der Waals surface area contributed by atoms with Crippen molar-refractivity contribution in [2.75, 3.05) is 38.2 Å². The summed E-state index contributed by atoms with van der Waals surface area (Å²) in [4.78, 5) is 6.93. The van der Waals surface area contributed by atoms with Gasteiger partial charge < -0.3 is 20.3 Å². The van der Waals surface area contributed by atoms with Crippen molar-refractivity contribution in [3.05, 3.63) is 65.7 Å². The Morgan fingerprint density at radius 3 is 2.70 bits per heavy atom. The molecule has 2 heterocycles. The molecule has 0 spiro atoms. The largest absolute Gasteiger partial charge is 0.373 e. The Morgan fingerprint density at radius 1 is 1.13 bits per heavy atom. The van der Waals surface area contributed by atoms with Crippen LogP contribution in [-0.4, -0.2) is 39.2 Å². The first kappa shape index (κ1) is 20.7.